The summed E-state index contributed by atoms with van der Waals surface area (Å²) in [6.07, 6.45) is 3.16. The first-order valence-electron chi connectivity index (χ1n) is 7.01. The van der Waals surface area contributed by atoms with Gasteiger partial charge in [0.2, 0.25) is 5.91 Å². The van der Waals surface area contributed by atoms with Gasteiger partial charge >= 0.3 is 5.97 Å². The van der Waals surface area contributed by atoms with Crippen LogP contribution in [0.3, 0.4) is 0 Å². The Hall–Kier alpha value is -1.40. The Kier molecular flexibility index (Phi) is 3.52. The van der Waals surface area contributed by atoms with Gasteiger partial charge in [-0.25, -0.2) is 0 Å². The lowest BCUT2D eigenvalue weighted by Gasteiger charge is -2.35. The number of methoxy groups -OCH3 is 1. The summed E-state index contributed by atoms with van der Waals surface area (Å²) in [5, 5.41) is 0. The fourth-order valence-corrected chi connectivity index (χ4v) is 3.26. The molecule has 6 heteroatoms. The monoisotopic (exact) mass is 280 g/mol. The molecule has 0 aromatic heterocycles. The van der Waals surface area contributed by atoms with Crippen molar-refractivity contribution in [3.8, 4) is 0 Å². The Bertz CT molecular complexity index is 442. The van der Waals surface area contributed by atoms with Crippen molar-refractivity contribution in [1.82, 2.24) is 9.80 Å². The summed E-state index contributed by atoms with van der Waals surface area (Å²) in [6.45, 7) is 3.15. The Morgan fingerprint density at radius 1 is 1.10 bits per heavy atom. The van der Waals surface area contributed by atoms with Gasteiger partial charge in [-0.2, -0.15) is 0 Å². The second-order valence-electron chi connectivity index (χ2n) is 5.65. The lowest BCUT2D eigenvalue weighted by Crippen LogP contribution is -2.52. The molecule has 3 aliphatic rings. The van der Waals surface area contributed by atoms with Crippen molar-refractivity contribution >= 4 is 11.9 Å². The van der Waals surface area contributed by atoms with E-state index in [-0.39, 0.29) is 24.1 Å². The number of hydrogen-bond acceptors (Lipinski definition) is 5. The number of amides is 1. The van der Waals surface area contributed by atoms with Crippen LogP contribution in [0, 0.1) is 11.8 Å². The number of hydrogen-bond donors (Lipinski definition) is 0. The SMILES string of the molecule is COC(=O)C1C(C(=O)N2CCN(C)CC2)[C@@H]2C=C[C@H]1O2. The number of piperazine rings is 1. The molecule has 2 saturated heterocycles. The van der Waals surface area contributed by atoms with Gasteiger partial charge in [0.1, 0.15) is 5.92 Å². The number of carbonyl (C=O) groups excluding carboxylic acids is 2. The molecule has 0 saturated carbocycles. The molecule has 0 spiro atoms. The minimum Gasteiger partial charge on any atom is -0.469 e. The topological polar surface area (TPSA) is 59.1 Å². The van der Waals surface area contributed by atoms with Crippen LogP contribution in [0.5, 0.6) is 0 Å². The third-order valence-corrected chi connectivity index (χ3v) is 4.47. The average molecular weight is 280 g/mol. The lowest BCUT2D eigenvalue weighted by atomic mass is 9.82. The molecule has 2 fully saturated rings. The Labute approximate surface area is 118 Å². The summed E-state index contributed by atoms with van der Waals surface area (Å²) in [6, 6.07) is 0. The zero-order valence-electron chi connectivity index (χ0n) is 11.8. The first kappa shape index (κ1) is 13.6. The minimum absolute atomic E-state index is 0.0188. The number of fused-ring (bicyclic) bond motifs is 2. The van der Waals surface area contributed by atoms with Gasteiger partial charge in [0.15, 0.2) is 0 Å². The maximum atomic E-state index is 12.7. The van der Waals surface area contributed by atoms with Crippen LogP contribution in [0.25, 0.3) is 0 Å². The fraction of sp³-hybridized carbons (Fsp3) is 0.714. The molecule has 0 radical (unpaired) electrons. The molecule has 0 N–H and O–H groups in total. The van der Waals surface area contributed by atoms with Crippen molar-refractivity contribution in [3.63, 3.8) is 0 Å². The first-order chi connectivity index (χ1) is 9.61. The predicted molar refractivity (Wildman–Crippen MR) is 70.9 cm³/mol. The Morgan fingerprint density at radius 2 is 1.70 bits per heavy atom. The van der Waals surface area contributed by atoms with Crippen LogP contribution < -0.4 is 0 Å². The van der Waals surface area contributed by atoms with E-state index in [1.54, 1.807) is 0 Å². The van der Waals surface area contributed by atoms with Gasteiger partial charge in [-0.1, -0.05) is 12.2 Å². The van der Waals surface area contributed by atoms with E-state index < -0.39 is 11.8 Å². The van der Waals surface area contributed by atoms with Crippen molar-refractivity contribution in [2.75, 3.05) is 40.3 Å². The molecule has 20 heavy (non-hydrogen) atoms. The van der Waals surface area contributed by atoms with Gasteiger partial charge in [0.05, 0.1) is 25.2 Å². The highest BCUT2D eigenvalue weighted by atomic mass is 16.5. The molecule has 0 aliphatic carbocycles. The summed E-state index contributed by atoms with van der Waals surface area (Å²) in [7, 11) is 3.40. The number of ether oxygens (including phenoxy) is 2. The van der Waals surface area contributed by atoms with E-state index in [1.165, 1.54) is 7.11 Å². The third kappa shape index (κ3) is 2.13. The van der Waals surface area contributed by atoms with E-state index in [4.69, 9.17) is 9.47 Å². The van der Waals surface area contributed by atoms with Crippen LogP contribution in [0.2, 0.25) is 0 Å². The van der Waals surface area contributed by atoms with E-state index in [1.807, 2.05) is 24.1 Å². The van der Waals surface area contributed by atoms with Crippen molar-refractivity contribution in [3.05, 3.63) is 12.2 Å². The summed E-state index contributed by atoms with van der Waals surface area (Å²) in [5.74, 6) is -1.26. The molecule has 2 bridgehead atoms. The third-order valence-electron chi connectivity index (χ3n) is 4.47. The maximum absolute atomic E-state index is 12.7. The van der Waals surface area contributed by atoms with Crippen LogP contribution in [0.15, 0.2) is 12.2 Å². The fourth-order valence-electron chi connectivity index (χ4n) is 3.26. The molecule has 110 valence electrons. The van der Waals surface area contributed by atoms with Gasteiger partial charge in [-0.15, -0.1) is 0 Å². The van der Waals surface area contributed by atoms with E-state index >= 15 is 0 Å². The number of carbonyl (C=O) groups is 2. The van der Waals surface area contributed by atoms with E-state index in [9.17, 15) is 9.59 Å². The number of esters is 1. The van der Waals surface area contributed by atoms with Crippen molar-refractivity contribution in [1.29, 1.82) is 0 Å². The number of likely N-dealkylation sites (N-methyl/N-ethyl adjacent to an activating group) is 1. The van der Waals surface area contributed by atoms with Crippen LogP contribution in [-0.2, 0) is 19.1 Å². The van der Waals surface area contributed by atoms with Gasteiger partial charge < -0.3 is 19.3 Å². The summed E-state index contributed by atoms with van der Waals surface area (Å²) in [5.41, 5.74) is 0. The molecule has 6 nitrogen and oxygen atoms in total. The smallest absolute Gasteiger partial charge is 0.312 e. The molecular weight excluding hydrogens is 260 g/mol. The minimum atomic E-state index is -0.498. The lowest BCUT2D eigenvalue weighted by molar-refractivity contribution is -0.152. The van der Waals surface area contributed by atoms with Gasteiger partial charge in [-0.3, -0.25) is 9.59 Å². The summed E-state index contributed by atoms with van der Waals surface area (Å²) < 4.78 is 10.5. The van der Waals surface area contributed by atoms with Crippen LogP contribution in [0.4, 0.5) is 0 Å². The zero-order chi connectivity index (χ0) is 14.3. The zero-order valence-corrected chi connectivity index (χ0v) is 11.8. The Morgan fingerprint density at radius 3 is 2.30 bits per heavy atom. The second kappa shape index (κ2) is 5.18. The van der Waals surface area contributed by atoms with Crippen LogP contribution >= 0.6 is 0 Å². The van der Waals surface area contributed by atoms with Gasteiger partial charge in [0, 0.05) is 26.2 Å². The normalized spacial score (nSPS) is 36.4. The average Bonchev–Trinajstić information content (AvgIpc) is 3.07. The molecule has 3 aliphatic heterocycles. The molecule has 0 aromatic rings. The predicted octanol–water partition coefficient (Wildman–Crippen LogP) is -0.497. The van der Waals surface area contributed by atoms with Gasteiger partial charge in [0.25, 0.3) is 0 Å². The van der Waals surface area contributed by atoms with Crippen LogP contribution in [-0.4, -0.2) is 74.2 Å². The molecule has 3 rings (SSSR count). The second-order valence-corrected chi connectivity index (χ2v) is 5.65. The highest BCUT2D eigenvalue weighted by molar-refractivity contribution is 5.88. The molecule has 1 amide bonds. The molecular formula is C14H20N2O4. The van der Waals surface area contributed by atoms with E-state index in [0.29, 0.717) is 13.1 Å². The summed E-state index contributed by atoms with van der Waals surface area (Å²) >= 11 is 0. The van der Waals surface area contributed by atoms with Gasteiger partial charge in [-0.05, 0) is 7.05 Å². The molecule has 3 heterocycles. The van der Waals surface area contributed by atoms with Crippen molar-refractivity contribution in [2.24, 2.45) is 11.8 Å². The highest BCUT2D eigenvalue weighted by Crippen LogP contribution is 2.40. The summed E-state index contributed by atoms with van der Waals surface area (Å²) in [4.78, 5) is 28.7. The van der Waals surface area contributed by atoms with E-state index in [2.05, 4.69) is 4.90 Å². The number of rotatable bonds is 2. The van der Waals surface area contributed by atoms with Crippen LogP contribution in [0.1, 0.15) is 0 Å². The largest absolute Gasteiger partial charge is 0.469 e. The molecule has 2 unspecified atom stereocenters. The van der Waals surface area contributed by atoms with E-state index in [0.717, 1.165) is 13.1 Å². The molecule has 4 atom stereocenters. The number of nitrogens with zero attached hydrogens (tertiary/aromatic N) is 2. The van der Waals surface area contributed by atoms with Crippen molar-refractivity contribution < 1.29 is 19.1 Å². The molecule has 0 aromatic carbocycles. The quantitative estimate of drug-likeness (QED) is 0.504. The maximum Gasteiger partial charge on any atom is 0.312 e. The first-order valence-corrected chi connectivity index (χ1v) is 7.01. The standard InChI is InChI=1S/C14H20N2O4/c1-15-5-7-16(8-6-15)13(17)11-9-3-4-10(20-9)12(11)14(18)19-2/h3-4,9-12H,5-8H2,1-2H3/t9-,10+,11?,12?/m0/s1. The Balaban J connectivity index is 1.76. The van der Waals surface area contributed by atoms with Crippen molar-refractivity contribution in [2.45, 2.75) is 12.2 Å². The highest BCUT2D eigenvalue weighted by Gasteiger charge is 2.54.